The van der Waals surface area contributed by atoms with Crippen molar-refractivity contribution in [2.24, 2.45) is 0 Å². The summed E-state index contributed by atoms with van der Waals surface area (Å²) in [6.07, 6.45) is 0. The van der Waals surface area contributed by atoms with Crippen LogP contribution in [-0.4, -0.2) is 6.04 Å². The first kappa shape index (κ1) is 14.9. The summed E-state index contributed by atoms with van der Waals surface area (Å²) >= 11 is 0. The van der Waals surface area contributed by atoms with E-state index < -0.39 is 0 Å². The van der Waals surface area contributed by atoms with Crippen LogP contribution >= 0.6 is 0 Å². The number of halogens is 1. The lowest BCUT2D eigenvalue weighted by atomic mass is 9.79. The Morgan fingerprint density at radius 2 is 1.50 bits per heavy atom. The van der Waals surface area contributed by atoms with Gasteiger partial charge >= 0.3 is 0 Å². The third-order valence-electron chi connectivity index (χ3n) is 5.02. The summed E-state index contributed by atoms with van der Waals surface area (Å²) in [5, 5.41) is 0. The molecular formula is C22H20FN. The highest BCUT2D eigenvalue weighted by atomic mass is 19.1. The third kappa shape index (κ3) is 2.58. The molecule has 24 heavy (non-hydrogen) atoms. The highest BCUT2D eigenvalue weighted by molar-refractivity contribution is 5.54. The summed E-state index contributed by atoms with van der Waals surface area (Å²) < 4.78 is 13.3. The van der Waals surface area contributed by atoms with Crippen molar-refractivity contribution in [2.45, 2.75) is 25.4 Å². The quantitative estimate of drug-likeness (QED) is 0.614. The molecule has 0 spiro atoms. The zero-order valence-corrected chi connectivity index (χ0v) is 13.7. The second-order valence-corrected chi connectivity index (χ2v) is 6.43. The molecule has 1 aliphatic heterocycles. The van der Waals surface area contributed by atoms with Crippen LogP contribution in [0.5, 0.6) is 0 Å². The van der Waals surface area contributed by atoms with Gasteiger partial charge in [-0.05, 0) is 47.9 Å². The van der Waals surface area contributed by atoms with Gasteiger partial charge in [-0.1, -0.05) is 54.6 Å². The van der Waals surface area contributed by atoms with Gasteiger partial charge in [-0.25, -0.2) is 4.39 Å². The highest BCUT2D eigenvalue weighted by Gasteiger charge is 2.33. The van der Waals surface area contributed by atoms with E-state index in [1.807, 2.05) is 12.1 Å². The van der Waals surface area contributed by atoms with Gasteiger partial charge < -0.3 is 4.90 Å². The summed E-state index contributed by atoms with van der Waals surface area (Å²) in [5.41, 5.74) is 5.13. The molecule has 0 bridgehead atoms. The minimum Gasteiger partial charge on any atom is -0.364 e. The van der Waals surface area contributed by atoms with Crippen LogP contribution in [0.15, 0.2) is 78.9 Å². The van der Waals surface area contributed by atoms with Crippen LogP contribution in [0.4, 0.5) is 10.1 Å². The van der Waals surface area contributed by atoms with Gasteiger partial charge in [0.25, 0.3) is 0 Å². The Hall–Kier alpha value is -2.61. The fourth-order valence-corrected chi connectivity index (χ4v) is 3.83. The average Bonchev–Trinajstić information content (AvgIpc) is 2.63. The molecule has 2 atom stereocenters. The number of rotatable bonds is 2. The molecule has 4 rings (SSSR count). The maximum atomic E-state index is 13.3. The molecule has 1 nitrogen and oxygen atoms in total. The van der Waals surface area contributed by atoms with Crippen molar-refractivity contribution in [3.8, 4) is 0 Å². The van der Waals surface area contributed by atoms with Crippen LogP contribution in [0.1, 0.15) is 29.5 Å². The van der Waals surface area contributed by atoms with Crippen LogP contribution < -0.4 is 4.90 Å². The summed E-state index contributed by atoms with van der Waals surface area (Å²) in [4.78, 5) is 2.37. The van der Waals surface area contributed by atoms with E-state index in [2.05, 4.69) is 66.4 Å². The predicted molar refractivity (Wildman–Crippen MR) is 96.8 cm³/mol. The topological polar surface area (TPSA) is 3.24 Å². The van der Waals surface area contributed by atoms with Crippen molar-refractivity contribution < 1.29 is 4.39 Å². The van der Waals surface area contributed by atoms with Crippen molar-refractivity contribution in [1.82, 2.24) is 0 Å². The fourth-order valence-electron chi connectivity index (χ4n) is 3.83. The van der Waals surface area contributed by atoms with Crippen molar-refractivity contribution in [3.05, 3.63) is 101 Å². The standard InChI is InChI=1S/C22H20FN/c1-16-22(17-7-3-2-4-8-17)21-10-6-5-9-18(21)15-24(16)20-13-11-19(23)12-14-20/h2-14,16,22H,15H2,1H3. The molecule has 3 aromatic carbocycles. The molecule has 2 unspecified atom stereocenters. The Labute approximate surface area is 142 Å². The Balaban J connectivity index is 1.82. The third-order valence-corrected chi connectivity index (χ3v) is 5.02. The molecular weight excluding hydrogens is 297 g/mol. The Kier molecular flexibility index (Phi) is 3.81. The lowest BCUT2D eigenvalue weighted by Gasteiger charge is -2.42. The molecule has 0 N–H and O–H groups in total. The van der Waals surface area contributed by atoms with E-state index in [0.717, 1.165) is 12.2 Å². The second kappa shape index (κ2) is 6.12. The normalized spacial score (nSPS) is 19.8. The molecule has 0 aromatic heterocycles. The summed E-state index contributed by atoms with van der Waals surface area (Å²) in [6, 6.07) is 26.5. The molecule has 1 heterocycles. The van der Waals surface area contributed by atoms with Gasteiger partial charge in [0.15, 0.2) is 0 Å². The first-order valence-electron chi connectivity index (χ1n) is 8.39. The van der Waals surface area contributed by atoms with E-state index in [0.29, 0.717) is 12.0 Å². The van der Waals surface area contributed by atoms with E-state index in [4.69, 9.17) is 0 Å². The van der Waals surface area contributed by atoms with E-state index in [-0.39, 0.29) is 5.82 Å². The molecule has 0 fully saturated rings. The lowest BCUT2D eigenvalue weighted by Crippen LogP contribution is -2.42. The molecule has 0 amide bonds. The van der Waals surface area contributed by atoms with Gasteiger partial charge in [-0.2, -0.15) is 0 Å². The van der Waals surface area contributed by atoms with Crippen molar-refractivity contribution in [1.29, 1.82) is 0 Å². The fraction of sp³-hybridized carbons (Fsp3) is 0.182. The molecule has 3 aromatic rings. The monoisotopic (exact) mass is 317 g/mol. The van der Waals surface area contributed by atoms with Crippen LogP contribution in [0, 0.1) is 5.82 Å². The zero-order valence-electron chi connectivity index (χ0n) is 13.7. The number of anilines is 1. The van der Waals surface area contributed by atoms with Crippen molar-refractivity contribution >= 4 is 5.69 Å². The molecule has 2 heteroatoms. The molecule has 0 aliphatic carbocycles. The van der Waals surface area contributed by atoms with Crippen LogP contribution in [0.2, 0.25) is 0 Å². The van der Waals surface area contributed by atoms with Gasteiger partial charge in [0.1, 0.15) is 5.82 Å². The van der Waals surface area contributed by atoms with E-state index in [9.17, 15) is 4.39 Å². The number of hydrogen-bond donors (Lipinski definition) is 0. The first-order valence-corrected chi connectivity index (χ1v) is 8.39. The molecule has 0 radical (unpaired) electrons. The maximum absolute atomic E-state index is 13.3. The van der Waals surface area contributed by atoms with Crippen LogP contribution in [-0.2, 0) is 6.54 Å². The minimum atomic E-state index is -0.191. The van der Waals surface area contributed by atoms with E-state index in [1.54, 1.807) is 12.1 Å². The van der Waals surface area contributed by atoms with Gasteiger partial charge in [0.2, 0.25) is 0 Å². The number of fused-ring (bicyclic) bond motifs is 1. The lowest BCUT2D eigenvalue weighted by molar-refractivity contribution is 0.535. The van der Waals surface area contributed by atoms with Gasteiger partial charge in [-0.15, -0.1) is 0 Å². The highest BCUT2D eigenvalue weighted by Crippen LogP contribution is 2.39. The second-order valence-electron chi connectivity index (χ2n) is 6.43. The number of nitrogens with zero attached hydrogens (tertiary/aromatic N) is 1. The molecule has 0 saturated heterocycles. The predicted octanol–water partition coefficient (Wildman–Crippen LogP) is 5.37. The Bertz CT molecular complexity index is 826. The first-order chi connectivity index (χ1) is 11.7. The largest absolute Gasteiger partial charge is 0.364 e. The molecule has 1 aliphatic rings. The number of benzene rings is 3. The smallest absolute Gasteiger partial charge is 0.123 e. The Morgan fingerprint density at radius 3 is 2.25 bits per heavy atom. The van der Waals surface area contributed by atoms with Gasteiger partial charge in [-0.3, -0.25) is 0 Å². The molecule has 0 saturated carbocycles. The van der Waals surface area contributed by atoms with Crippen LogP contribution in [0.3, 0.4) is 0 Å². The van der Waals surface area contributed by atoms with Crippen LogP contribution in [0.25, 0.3) is 0 Å². The summed E-state index contributed by atoms with van der Waals surface area (Å²) in [7, 11) is 0. The number of hydrogen-bond acceptors (Lipinski definition) is 1. The van der Waals surface area contributed by atoms with E-state index >= 15 is 0 Å². The van der Waals surface area contributed by atoms with E-state index in [1.165, 1.54) is 16.7 Å². The average molecular weight is 317 g/mol. The van der Waals surface area contributed by atoms with Gasteiger partial charge in [0, 0.05) is 24.2 Å². The Morgan fingerprint density at radius 1 is 0.833 bits per heavy atom. The SMILES string of the molecule is CC1C(c2ccccc2)c2ccccc2CN1c1ccc(F)cc1. The summed E-state index contributed by atoms with van der Waals surface area (Å²) in [6.45, 7) is 3.11. The summed E-state index contributed by atoms with van der Waals surface area (Å²) in [5.74, 6) is 0.115. The maximum Gasteiger partial charge on any atom is 0.123 e. The van der Waals surface area contributed by atoms with Crippen molar-refractivity contribution in [3.63, 3.8) is 0 Å². The zero-order chi connectivity index (χ0) is 16.5. The van der Waals surface area contributed by atoms with Gasteiger partial charge in [0.05, 0.1) is 0 Å². The molecule has 120 valence electrons. The minimum absolute atomic E-state index is 0.191. The van der Waals surface area contributed by atoms with Crippen molar-refractivity contribution in [2.75, 3.05) is 4.90 Å².